The smallest absolute Gasteiger partial charge is 0.188 e. The molecule has 0 aliphatic carbocycles. The molecule has 5 heteroatoms. The van der Waals surface area contributed by atoms with Gasteiger partial charge in [0, 0.05) is 11.8 Å². The lowest BCUT2D eigenvalue weighted by Crippen LogP contribution is -2.30. The Kier molecular flexibility index (Phi) is 4.05. The van der Waals surface area contributed by atoms with Crippen molar-refractivity contribution in [3.8, 4) is 0 Å². The molecule has 0 radical (unpaired) electrons. The molecule has 118 valence electrons. The fraction of sp³-hybridized carbons (Fsp3) is 0.167. The van der Waals surface area contributed by atoms with Crippen LogP contribution < -0.4 is 0 Å². The molecule has 1 heterocycles. The van der Waals surface area contributed by atoms with Crippen molar-refractivity contribution < 1.29 is 17.6 Å². The third kappa shape index (κ3) is 3.05. The van der Waals surface area contributed by atoms with Gasteiger partial charge in [0.25, 0.3) is 0 Å². The number of hydrogen-bond donors (Lipinski definition) is 0. The predicted molar refractivity (Wildman–Crippen MR) is 88.0 cm³/mol. The van der Waals surface area contributed by atoms with E-state index in [2.05, 4.69) is 0 Å². The molecule has 0 fully saturated rings. The van der Waals surface area contributed by atoms with Crippen molar-refractivity contribution in [1.82, 2.24) is 0 Å². The van der Waals surface area contributed by atoms with Crippen molar-refractivity contribution in [3.05, 3.63) is 66.4 Å². The second-order valence-electron chi connectivity index (χ2n) is 5.41. The summed E-state index contributed by atoms with van der Waals surface area (Å²) >= 11 is 0. The number of hydrogen-bond acceptors (Lipinski definition) is 4. The van der Waals surface area contributed by atoms with Gasteiger partial charge in [-0.25, -0.2) is 8.42 Å². The fourth-order valence-electron chi connectivity index (χ4n) is 2.57. The van der Waals surface area contributed by atoms with Crippen LogP contribution in [0.1, 0.15) is 12.7 Å². The van der Waals surface area contributed by atoms with E-state index in [4.69, 9.17) is 4.42 Å². The number of fused-ring (bicyclic) bond motifs is 1. The van der Waals surface area contributed by atoms with Gasteiger partial charge in [-0.1, -0.05) is 36.4 Å². The van der Waals surface area contributed by atoms with Crippen molar-refractivity contribution >= 4 is 26.6 Å². The van der Waals surface area contributed by atoms with Crippen molar-refractivity contribution in [2.45, 2.75) is 23.5 Å². The van der Waals surface area contributed by atoms with Gasteiger partial charge in [0.2, 0.25) is 0 Å². The van der Waals surface area contributed by atoms with Gasteiger partial charge in [0.1, 0.15) is 22.4 Å². The zero-order valence-corrected chi connectivity index (χ0v) is 13.4. The molecular formula is C18H16O4S. The van der Waals surface area contributed by atoms with Gasteiger partial charge in [-0.3, -0.25) is 4.79 Å². The van der Waals surface area contributed by atoms with Crippen LogP contribution in [0.4, 0.5) is 0 Å². The third-order valence-electron chi connectivity index (χ3n) is 3.76. The summed E-state index contributed by atoms with van der Waals surface area (Å²) in [5, 5.41) is -0.257. The number of ketones is 1. The van der Waals surface area contributed by atoms with Gasteiger partial charge < -0.3 is 4.42 Å². The van der Waals surface area contributed by atoms with Gasteiger partial charge >= 0.3 is 0 Å². The largest absolute Gasteiger partial charge is 0.461 e. The van der Waals surface area contributed by atoms with E-state index in [0.717, 1.165) is 5.39 Å². The van der Waals surface area contributed by atoms with Crippen LogP contribution in [0.3, 0.4) is 0 Å². The van der Waals surface area contributed by atoms with Gasteiger partial charge in [0.05, 0.1) is 4.90 Å². The summed E-state index contributed by atoms with van der Waals surface area (Å²) in [4.78, 5) is 12.1. The molecule has 0 N–H and O–H groups in total. The van der Waals surface area contributed by atoms with Crippen LogP contribution in [0, 0.1) is 0 Å². The molecule has 3 rings (SSSR count). The lowest BCUT2D eigenvalue weighted by Gasteiger charge is -2.13. The average Bonchev–Trinajstić information content (AvgIpc) is 2.95. The summed E-state index contributed by atoms with van der Waals surface area (Å²) < 4.78 is 31.1. The molecule has 0 saturated heterocycles. The summed E-state index contributed by atoms with van der Waals surface area (Å²) in [5.74, 6) is 0.0974. The predicted octanol–water partition coefficient (Wildman–Crippen LogP) is 3.41. The number of furan rings is 1. The van der Waals surface area contributed by atoms with E-state index in [9.17, 15) is 13.2 Å². The van der Waals surface area contributed by atoms with Crippen molar-refractivity contribution in [2.24, 2.45) is 0 Å². The third-order valence-corrected chi connectivity index (χ3v) is 5.94. The monoisotopic (exact) mass is 328 g/mol. The highest BCUT2D eigenvalue weighted by atomic mass is 32.2. The van der Waals surface area contributed by atoms with E-state index in [-0.39, 0.29) is 11.3 Å². The van der Waals surface area contributed by atoms with E-state index in [1.807, 2.05) is 24.3 Å². The molecule has 1 aromatic heterocycles. The molecule has 0 amide bonds. The fourth-order valence-corrected chi connectivity index (χ4v) is 4.25. The number of sulfone groups is 1. The van der Waals surface area contributed by atoms with E-state index in [1.54, 1.807) is 24.3 Å². The normalized spacial score (nSPS) is 13.1. The summed E-state index contributed by atoms with van der Waals surface area (Å²) in [5.41, 5.74) is 0.682. The highest BCUT2D eigenvalue weighted by Gasteiger charge is 2.32. The van der Waals surface area contributed by atoms with Crippen LogP contribution in [0.5, 0.6) is 0 Å². The minimum absolute atomic E-state index is 0.0290. The van der Waals surface area contributed by atoms with Crippen LogP contribution in [0.25, 0.3) is 11.0 Å². The first kappa shape index (κ1) is 15.5. The lowest BCUT2D eigenvalue weighted by atomic mass is 10.2. The van der Waals surface area contributed by atoms with Crippen LogP contribution in [0.15, 0.2) is 70.0 Å². The van der Waals surface area contributed by atoms with Gasteiger partial charge in [-0.2, -0.15) is 0 Å². The zero-order valence-electron chi connectivity index (χ0n) is 12.6. The first-order chi connectivity index (χ1) is 11.0. The molecule has 23 heavy (non-hydrogen) atoms. The molecule has 0 aliphatic rings. The van der Waals surface area contributed by atoms with Crippen molar-refractivity contribution in [1.29, 1.82) is 0 Å². The molecule has 0 unspecified atom stereocenters. The molecule has 0 saturated carbocycles. The zero-order chi connectivity index (χ0) is 16.4. The Morgan fingerprint density at radius 3 is 2.35 bits per heavy atom. The SMILES string of the molecule is CC(=O)[C@H](Cc1cc2ccccc2o1)S(=O)(=O)c1ccccc1. The summed E-state index contributed by atoms with van der Waals surface area (Å²) in [6.07, 6.45) is 0.0290. The first-order valence-electron chi connectivity index (χ1n) is 7.25. The Balaban J connectivity index is 1.98. The minimum Gasteiger partial charge on any atom is -0.461 e. The lowest BCUT2D eigenvalue weighted by molar-refractivity contribution is -0.116. The van der Waals surface area contributed by atoms with Crippen molar-refractivity contribution in [3.63, 3.8) is 0 Å². The number of carbonyl (C=O) groups excluding carboxylic acids is 1. The maximum absolute atomic E-state index is 12.7. The average molecular weight is 328 g/mol. The standard InChI is InChI=1S/C18H16O4S/c1-13(19)18(23(20,21)16-8-3-2-4-9-16)12-15-11-14-7-5-6-10-17(14)22-15/h2-11,18H,12H2,1H3/t18-/m0/s1. The number of rotatable bonds is 5. The molecule has 1 atom stereocenters. The second kappa shape index (κ2) is 6.01. The topological polar surface area (TPSA) is 64.3 Å². The molecule has 0 bridgehead atoms. The maximum atomic E-state index is 12.7. The Hall–Kier alpha value is -2.40. The number of para-hydroxylation sites is 1. The van der Waals surface area contributed by atoms with Gasteiger partial charge in [0.15, 0.2) is 9.84 Å². The quantitative estimate of drug-likeness (QED) is 0.720. The Morgan fingerprint density at radius 1 is 1.04 bits per heavy atom. The molecule has 0 aliphatic heterocycles. The number of benzene rings is 2. The summed E-state index contributed by atoms with van der Waals surface area (Å²) in [6, 6.07) is 17.2. The van der Waals surface area contributed by atoms with Crippen LogP contribution >= 0.6 is 0 Å². The Morgan fingerprint density at radius 2 is 1.70 bits per heavy atom. The Labute approximate surface area is 134 Å². The Bertz CT molecular complexity index is 906. The molecule has 0 spiro atoms. The number of Topliss-reactive ketones (excluding diaryl/α,β-unsaturated/α-hetero) is 1. The molecule has 2 aromatic carbocycles. The number of carbonyl (C=O) groups is 1. The van der Waals surface area contributed by atoms with Crippen LogP contribution in [-0.2, 0) is 21.1 Å². The second-order valence-corrected chi connectivity index (χ2v) is 7.54. The minimum atomic E-state index is -3.75. The van der Waals surface area contributed by atoms with E-state index < -0.39 is 20.9 Å². The molecule has 3 aromatic rings. The van der Waals surface area contributed by atoms with Crippen molar-refractivity contribution in [2.75, 3.05) is 0 Å². The maximum Gasteiger partial charge on any atom is 0.188 e. The molecule has 4 nitrogen and oxygen atoms in total. The van der Waals surface area contributed by atoms with E-state index in [1.165, 1.54) is 19.1 Å². The van der Waals surface area contributed by atoms with E-state index in [0.29, 0.717) is 11.3 Å². The van der Waals surface area contributed by atoms with Crippen LogP contribution in [0.2, 0.25) is 0 Å². The highest BCUT2D eigenvalue weighted by molar-refractivity contribution is 7.92. The highest BCUT2D eigenvalue weighted by Crippen LogP contribution is 2.24. The first-order valence-corrected chi connectivity index (χ1v) is 8.80. The van der Waals surface area contributed by atoms with Crippen LogP contribution in [-0.4, -0.2) is 19.5 Å². The molecular weight excluding hydrogens is 312 g/mol. The van der Waals surface area contributed by atoms with E-state index >= 15 is 0 Å². The summed E-state index contributed by atoms with van der Waals surface area (Å²) in [6.45, 7) is 1.30. The van der Waals surface area contributed by atoms with Gasteiger partial charge in [-0.05, 0) is 31.2 Å². The summed E-state index contributed by atoms with van der Waals surface area (Å²) in [7, 11) is -3.75. The van der Waals surface area contributed by atoms with Gasteiger partial charge in [-0.15, -0.1) is 0 Å².